The van der Waals surface area contributed by atoms with Gasteiger partial charge in [-0.05, 0) is 45.0 Å². The molecule has 1 saturated heterocycles. The van der Waals surface area contributed by atoms with Crippen LogP contribution in [0.3, 0.4) is 0 Å². The maximum absolute atomic E-state index is 10.8. The predicted octanol–water partition coefficient (Wildman–Crippen LogP) is 3.38. The highest BCUT2D eigenvalue weighted by Gasteiger charge is 2.21. The molecule has 0 spiro atoms. The molecule has 154 valence electrons. The summed E-state index contributed by atoms with van der Waals surface area (Å²) >= 11 is 0. The molecule has 2 atom stereocenters. The second-order valence-electron chi connectivity index (χ2n) is 8.45. The van der Waals surface area contributed by atoms with Crippen LogP contribution in [-0.4, -0.2) is 50.0 Å². The molecule has 0 unspecified atom stereocenters. The van der Waals surface area contributed by atoms with Crippen LogP contribution in [0.1, 0.15) is 19.4 Å². The van der Waals surface area contributed by atoms with Crippen molar-refractivity contribution in [2.45, 2.75) is 32.9 Å². The number of aromatic hydroxyl groups is 1. The zero-order valence-corrected chi connectivity index (χ0v) is 17.7. The van der Waals surface area contributed by atoms with Crippen LogP contribution < -0.4 is 10.2 Å². The fraction of sp³-hybridized carbons (Fsp3) is 0.348. The van der Waals surface area contributed by atoms with Gasteiger partial charge in [-0.1, -0.05) is 0 Å². The third-order valence-electron chi connectivity index (χ3n) is 5.85. The minimum atomic E-state index is 0.181. The summed E-state index contributed by atoms with van der Waals surface area (Å²) < 4.78 is 1.75. The molecule has 4 aromatic rings. The van der Waals surface area contributed by atoms with E-state index in [4.69, 9.17) is 4.98 Å². The summed E-state index contributed by atoms with van der Waals surface area (Å²) in [7, 11) is 1.88. The quantitative estimate of drug-likeness (QED) is 0.535. The molecule has 0 radical (unpaired) electrons. The number of aromatic nitrogens is 4. The van der Waals surface area contributed by atoms with Crippen LogP contribution in [0.4, 0.5) is 5.69 Å². The Balaban J connectivity index is 1.55. The van der Waals surface area contributed by atoms with E-state index in [1.165, 1.54) is 5.69 Å². The summed E-state index contributed by atoms with van der Waals surface area (Å²) in [6.07, 6.45) is 3.78. The Morgan fingerprint density at radius 1 is 1.10 bits per heavy atom. The standard InChI is InChI=1S/C23H26N6O/c1-13-10-29(11-14(2)25-13)18-5-6-20-16(7-18)9-24-23(26-20)19-8-17-12-28(4)27-21(17)15(3)22(19)30/h5-9,12-14,25,30H,10-11H2,1-4H3/t13-,14-/m1/s1. The van der Waals surface area contributed by atoms with E-state index in [0.717, 1.165) is 40.5 Å². The highest BCUT2D eigenvalue weighted by Crippen LogP contribution is 2.36. The van der Waals surface area contributed by atoms with Crippen LogP contribution in [0.15, 0.2) is 36.7 Å². The number of phenols is 1. The molecule has 1 fully saturated rings. The van der Waals surface area contributed by atoms with Crippen LogP contribution in [0.25, 0.3) is 33.2 Å². The van der Waals surface area contributed by atoms with Gasteiger partial charge in [0.1, 0.15) is 5.75 Å². The molecule has 1 aliphatic heterocycles. The minimum absolute atomic E-state index is 0.181. The van der Waals surface area contributed by atoms with E-state index < -0.39 is 0 Å². The van der Waals surface area contributed by atoms with Crippen LogP contribution in [0, 0.1) is 6.92 Å². The lowest BCUT2D eigenvalue weighted by atomic mass is 10.0. The molecule has 3 heterocycles. The Morgan fingerprint density at radius 3 is 2.63 bits per heavy atom. The molecule has 0 amide bonds. The van der Waals surface area contributed by atoms with E-state index in [1.807, 2.05) is 38.5 Å². The number of phenolic OH excluding ortho intramolecular Hbond substituents is 1. The lowest BCUT2D eigenvalue weighted by molar-refractivity contribution is 0.407. The topological polar surface area (TPSA) is 79.1 Å². The first kappa shape index (κ1) is 18.8. The SMILES string of the molecule is Cc1c(O)c(-c2ncc3cc(N4C[C@@H](C)N[C@H](C)C4)ccc3n2)cc2cn(C)nc12. The van der Waals surface area contributed by atoms with Gasteiger partial charge >= 0.3 is 0 Å². The Kier molecular flexibility index (Phi) is 4.36. The molecule has 0 aliphatic carbocycles. The van der Waals surface area contributed by atoms with Crippen molar-refractivity contribution >= 4 is 27.5 Å². The van der Waals surface area contributed by atoms with Crippen molar-refractivity contribution in [2.75, 3.05) is 18.0 Å². The number of benzene rings is 2. The number of hydrogen-bond donors (Lipinski definition) is 2. The van der Waals surface area contributed by atoms with E-state index in [0.29, 0.717) is 23.5 Å². The first-order chi connectivity index (χ1) is 14.4. The lowest BCUT2D eigenvalue weighted by Gasteiger charge is -2.37. The van der Waals surface area contributed by atoms with Gasteiger partial charge in [-0.3, -0.25) is 4.68 Å². The lowest BCUT2D eigenvalue weighted by Crippen LogP contribution is -2.54. The number of fused-ring (bicyclic) bond motifs is 2. The van der Waals surface area contributed by atoms with E-state index in [-0.39, 0.29) is 5.75 Å². The Hall–Kier alpha value is -3.19. The Bertz CT molecular complexity index is 1250. The van der Waals surface area contributed by atoms with Gasteiger partial charge in [0, 0.05) is 66.6 Å². The molecule has 7 heteroatoms. The summed E-state index contributed by atoms with van der Waals surface area (Å²) in [6.45, 7) is 8.26. The first-order valence-corrected chi connectivity index (χ1v) is 10.3. The molecular formula is C23H26N6O. The van der Waals surface area contributed by atoms with Crippen molar-refractivity contribution in [2.24, 2.45) is 7.05 Å². The van der Waals surface area contributed by atoms with Gasteiger partial charge in [0.15, 0.2) is 5.82 Å². The molecule has 1 aliphatic rings. The normalized spacial score (nSPS) is 19.7. The number of piperazine rings is 1. The van der Waals surface area contributed by atoms with Crippen LogP contribution in [0.2, 0.25) is 0 Å². The van der Waals surface area contributed by atoms with E-state index >= 15 is 0 Å². The second kappa shape index (κ2) is 6.95. The maximum atomic E-state index is 10.8. The smallest absolute Gasteiger partial charge is 0.163 e. The van der Waals surface area contributed by atoms with Gasteiger partial charge in [-0.25, -0.2) is 9.97 Å². The van der Waals surface area contributed by atoms with Crippen molar-refractivity contribution in [1.82, 2.24) is 25.1 Å². The summed E-state index contributed by atoms with van der Waals surface area (Å²) in [5.41, 5.74) is 4.22. The number of nitrogens with one attached hydrogen (secondary N) is 1. The van der Waals surface area contributed by atoms with Gasteiger partial charge in [-0.2, -0.15) is 5.10 Å². The third-order valence-corrected chi connectivity index (χ3v) is 5.85. The third kappa shape index (κ3) is 3.15. The molecule has 5 rings (SSSR count). The molecule has 2 N–H and O–H groups in total. The predicted molar refractivity (Wildman–Crippen MR) is 120 cm³/mol. The molecule has 0 saturated carbocycles. The molecule has 0 bridgehead atoms. The molecular weight excluding hydrogens is 376 g/mol. The monoisotopic (exact) mass is 402 g/mol. The van der Waals surface area contributed by atoms with E-state index in [2.05, 4.69) is 46.3 Å². The van der Waals surface area contributed by atoms with E-state index in [9.17, 15) is 5.11 Å². The van der Waals surface area contributed by atoms with Crippen molar-refractivity contribution in [1.29, 1.82) is 0 Å². The number of rotatable bonds is 2. The first-order valence-electron chi connectivity index (χ1n) is 10.3. The van der Waals surface area contributed by atoms with Gasteiger partial charge in [0.05, 0.1) is 16.6 Å². The zero-order valence-electron chi connectivity index (χ0n) is 17.7. The molecule has 2 aromatic heterocycles. The fourth-order valence-corrected chi connectivity index (χ4v) is 4.50. The van der Waals surface area contributed by atoms with Crippen molar-refractivity contribution in [3.8, 4) is 17.1 Å². The summed E-state index contributed by atoms with van der Waals surface area (Å²) in [4.78, 5) is 11.7. The summed E-state index contributed by atoms with van der Waals surface area (Å²) in [5.74, 6) is 0.701. The number of nitrogens with zero attached hydrogens (tertiary/aromatic N) is 5. The van der Waals surface area contributed by atoms with Gasteiger partial charge in [0.2, 0.25) is 0 Å². The highest BCUT2D eigenvalue weighted by atomic mass is 16.3. The highest BCUT2D eigenvalue weighted by molar-refractivity contribution is 5.91. The zero-order chi connectivity index (χ0) is 21.0. The average Bonchev–Trinajstić information content (AvgIpc) is 3.10. The summed E-state index contributed by atoms with van der Waals surface area (Å²) in [6, 6.07) is 9.13. The van der Waals surface area contributed by atoms with Crippen molar-refractivity contribution in [3.63, 3.8) is 0 Å². The van der Waals surface area contributed by atoms with Crippen molar-refractivity contribution < 1.29 is 5.11 Å². The van der Waals surface area contributed by atoms with Crippen LogP contribution in [-0.2, 0) is 7.05 Å². The van der Waals surface area contributed by atoms with E-state index in [1.54, 1.807) is 4.68 Å². The van der Waals surface area contributed by atoms with Crippen LogP contribution >= 0.6 is 0 Å². The number of aryl methyl sites for hydroxylation is 2. The molecule has 30 heavy (non-hydrogen) atoms. The second-order valence-corrected chi connectivity index (χ2v) is 8.45. The maximum Gasteiger partial charge on any atom is 0.163 e. The molecule has 7 nitrogen and oxygen atoms in total. The Labute approximate surface area is 175 Å². The Morgan fingerprint density at radius 2 is 1.87 bits per heavy atom. The van der Waals surface area contributed by atoms with Gasteiger partial charge in [0.25, 0.3) is 0 Å². The molecule has 2 aromatic carbocycles. The van der Waals surface area contributed by atoms with Gasteiger partial charge < -0.3 is 15.3 Å². The largest absolute Gasteiger partial charge is 0.507 e. The number of anilines is 1. The van der Waals surface area contributed by atoms with Gasteiger partial charge in [-0.15, -0.1) is 0 Å². The fourth-order valence-electron chi connectivity index (χ4n) is 4.50. The van der Waals surface area contributed by atoms with Crippen LogP contribution in [0.5, 0.6) is 5.75 Å². The van der Waals surface area contributed by atoms with Crippen molar-refractivity contribution in [3.05, 3.63) is 42.2 Å². The minimum Gasteiger partial charge on any atom is -0.507 e. The average molecular weight is 403 g/mol. The number of hydrogen-bond acceptors (Lipinski definition) is 6. The summed E-state index contributed by atoms with van der Waals surface area (Å²) in [5, 5.41) is 20.7.